The molecule has 1 aliphatic rings. The van der Waals surface area contributed by atoms with Crippen molar-refractivity contribution in [2.75, 3.05) is 26.7 Å². The maximum atomic E-state index is 11.5. The van der Waals surface area contributed by atoms with Gasteiger partial charge in [-0.15, -0.1) is 0 Å². The van der Waals surface area contributed by atoms with Crippen LogP contribution in [0.4, 0.5) is 0 Å². The van der Waals surface area contributed by atoms with Crippen molar-refractivity contribution in [3.8, 4) is 5.75 Å². The molecule has 0 amide bonds. The fourth-order valence-electron chi connectivity index (χ4n) is 2.38. The summed E-state index contributed by atoms with van der Waals surface area (Å²) in [5.74, 6) is 0.144. The fraction of sp³-hybridized carbons (Fsp3) is 0.562. The van der Waals surface area contributed by atoms with E-state index in [4.69, 9.17) is 9.47 Å². The van der Waals surface area contributed by atoms with Gasteiger partial charge < -0.3 is 19.5 Å². The molecule has 0 saturated carbocycles. The minimum absolute atomic E-state index is 0.238. The molecule has 1 N–H and O–H groups in total. The van der Waals surface area contributed by atoms with Crippen LogP contribution in [0.1, 0.15) is 31.4 Å². The van der Waals surface area contributed by atoms with Gasteiger partial charge in [-0.25, -0.2) is 4.79 Å². The van der Waals surface area contributed by atoms with Crippen molar-refractivity contribution in [1.82, 2.24) is 4.90 Å². The smallest absolute Gasteiger partial charge is 0.339 e. The van der Waals surface area contributed by atoms with Crippen LogP contribution in [-0.4, -0.2) is 48.8 Å². The van der Waals surface area contributed by atoms with Crippen molar-refractivity contribution in [3.63, 3.8) is 0 Å². The Bertz CT molecular complexity index is 452. The summed E-state index contributed by atoms with van der Waals surface area (Å²) in [7, 11) is 2.11. The molecule has 21 heavy (non-hydrogen) atoms. The number of benzene rings is 1. The van der Waals surface area contributed by atoms with Gasteiger partial charge in [0.1, 0.15) is 11.9 Å². The molecule has 1 atom stereocenters. The molecule has 1 saturated heterocycles. The minimum atomic E-state index is -1.23. The third kappa shape index (κ3) is 4.44. The zero-order valence-electron chi connectivity index (χ0n) is 12.6. The van der Waals surface area contributed by atoms with Gasteiger partial charge in [-0.2, -0.15) is 0 Å². The number of rotatable bonds is 5. The Kier molecular flexibility index (Phi) is 5.59. The van der Waals surface area contributed by atoms with E-state index in [0.29, 0.717) is 5.56 Å². The van der Waals surface area contributed by atoms with Gasteiger partial charge in [0.25, 0.3) is 0 Å². The van der Waals surface area contributed by atoms with Gasteiger partial charge >= 0.3 is 5.97 Å². The third-order valence-corrected chi connectivity index (χ3v) is 3.67. The van der Waals surface area contributed by atoms with Crippen LogP contribution in [0, 0.1) is 0 Å². The number of aliphatic hydroxyl groups excluding tert-OH is 1. The van der Waals surface area contributed by atoms with Crippen molar-refractivity contribution in [3.05, 3.63) is 29.8 Å². The SMILES string of the molecule is CCOC(=O)C(O)c1ccc(OC2CCN(C)CC2)cc1. The quantitative estimate of drug-likeness (QED) is 0.838. The second kappa shape index (κ2) is 7.43. The number of nitrogens with zero attached hydrogens (tertiary/aromatic N) is 1. The van der Waals surface area contributed by atoms with Gasteiger partial charge in [0, 0.05) is 13.1 Å². The predicted octanol–water partition coefficient (Wildman–Crippen LogP) is 1.76. The lowest BCUT2D eigenvalue weighted by Gasteiger charge is -2.29. The molecule has 5 nitrogen and oxygen atoms in total. The zero-order chi connectivity index (χ0) is 15.2. The first-order valence-electron chi connectivity index (χ1n) is 7.40. The monoisotopic (exact) mass is 293 g/mol. The van der Waals surface area contributed by atoms with Crippen LogP contribution in [0.15, 0.2) is 24.3 Å². The van der Waals surface area contributed by atoms with E-state index in [9.17, 15) is 9.90 Å². The van der Waals surface area contributed by atoms with Gasteiger partial charge in [-0.1, -0.05) is 12.1 Å². The van der Waals surface area contributed by atoms with Gasteiger partial charge in [-0.3, -0.25) is 0 Å². The Labute approximate surface area is 125 Å². The standard InChI is InChI=1S/C16H23NO4/c1-3-20-16(19)15(18)12-4-6-13(7-5-12)21-14-8-10-17(2)11-9-14/h4-7,14-15,18H,3,8-11H2,1-2H3. The number of aliphatic hydroxyl groups is 1. The van der Waals surface area contributed by atoms with E-state index in [1.807, 2.05) is 0 Å². The summed E-state index contributed by atoms with van der Waals surface area (Å²) in [6.45, 7) is 4.06. The molecule has 1 unspecified atom stereocenters. The second-order valence-electron chi connectivity index (χ2n) is 5.34. The zero-order valence-corrected chi connectivity index (χ0v) is 12.6. The number of likely N-dealkylation sites (tertiary alicyclic amines) is 1. The molecular formula is C16H23NO4. The maximum absolute atomic E-state index is 11.5. The average Bonchev–Trinajstić information content (AvgIpc) is 2.50. The molecule has 116 valence electrons. The molecule has 0 aliphatic carbocycles. The van der Waals surface area contributed by atoms with E-state index in [-0.39, 0.29) is 12.7 Å². The molecule has 1 aromatic carbocycles. The lowest BCUT2D eigenvalue weighted by molar-refractivity contribution is -0.153. The van der Waals surface area contributed by atoms with E-state index in [1.165, 1.54) is 0 Å². The number of carbonyl (C=O) groups is 1. The molecule has 0 aromatic heterocycles. The van der Waals surface area contributed by atoms with E-state index in [2.05, 4.69) is 11.9 Å². The molecule has 1 aliphatic heterocycles. The van der Waals surface area contributed by atoms with Crippen molar-refractivity contribution in [2.24, 2.45) is 0 Å². The van der Waals surface area contributed by atoms with Crippen LogP contribution in [0.25, 0.3) is 0 Å². The van der Waals surface area contributed by atoms with Crippen LogP contribution in [0.2, 0.25) is 0 Å². The van der Waals surface area contributed by atoms with E-state index in [1.54, 1.807) is 31.2 Å². The molecule has 0 radical (unpaired) electrons. The first kappa shape index (κ1) is 15.8. The lowest BCUT2D eigenvalue weighted by atomic mass is 10.1. The topological polar surface area (TPSA) is 59.0 Å². The second-order valence-corrected chi connectivity index (χ2v) is 5.34. The number of esters is 1. The van der Waals surface area contributed by atoms with E-state index >= 15 is 0 Å². The van der Waals surface area contributed by atoms with Gasteiger partial charge in [-0.05, 0) is 44.5 Å². The Balaban J connectivity index is 1.91. The molecule has 5 heteroatoms. The molecular weight excluding hydrogens is 270 g/mol. The van der Waals surface area contributed by atoms with E-state index in [0.717, 1.165) is 31.7 Å². The van der Waals surface area contributed by atoms with Crippen molar-refractivity contribution < 1.29 is 19.4 Å². The lowest BCUT2D eigenvalue weighted by Crippen LogP contribution is -2.35. The van der Waals surface area contributed by atoms with Crippen LogP contribution >= 0.6 is 0 Å². The molecule has 1 fully saturated rings. The summed E-state index contributed by atoms with van der Waals surface area (Å²) >= 11 is 0. The Morgan fingerprint density at radius 2 is 1.95 bits per heavy atom. The Morgan fingerprint density at radius 3 is 2.52 bits per heavy atom. The summed E-state index contributed by atoms with van der Waals surface area (Å²) in [6.07, 6.45) is 1.04. The fourth-order valence-corrected chi connectivity index (χ4v) is 2.38. The van der Waals surface area contributed by atoms with Crippen LogP contribution in [-0.2, 0) is 9.53 Å². The summed E-state index contributed by atoms with van der Waals surface area (Å²) in [5.41, 5.74) is 0.518. The minimum Gasteiger partial charge on any atom is -0.490 e. The van der Waals surface area contributed by atoms with Crippen LogP contribution < -0.4 is 4.74 Å². The van der Waals surface area contributed by atoms with Crippen molar-refractivity contribution in [2.45, 2.75) is 32.0 Å². The maximum Gasteiger partial charge on any atom is 0.339 e. The number of hydrogen-bond acceptors (Lipinski definition) is 5. The first-order valence-corrected chi connectivity index (χ1v) is 7.40. The molecule has 0 spiro atoms. The number of carbonyl (C=O) groups excluding carboxylic acids is 1. The Hall–Kier alpha value is -1.59. The molecule has 2 rings (SSSR count). The molecule has 1 heterocycles. The summed E-state index contributed by atoms with van der Waals surface area (Å²) in [4.78, 5) is 13.8. The summed E-state index contributed by atoms with van der Waals surface area (Å²) < 4.78 is 10.7. The van der Waals surface area contributed by atoms with Crippen LogP contribution in [0.5, 0.6) is 5.75 Å². The summed E-state index contributed by atoms with van der Waals surface area (Å²) in [6, 6.07) is 6.98. The van der Waals surface area contributed by atoms with Crippen molar-refractivity contribution >= 4 is 5.97 Å². The normalized spacial score (nSPS) is 18.2. The number of hydrogen-bond donors (Lipinski definition) is 1. The highest BCUT2D eigenvalue weighted by Gasteiger charge is 2.20. The predicted molar refractivity (Wildman–Crippen MR) is 79.2 cm³/mol. The van der Waals surface area contributed by atoms with E-state index < -0.39 is 12.1 Å². The highest BCUT2D eigenvalue weighted by Crippen LogP contribution is 2.22. The molecule has 0 bridgehead atoms. The van der Waals surface area contributed by atoms with Crippen LogP contribution in [0.3, 0.4) is 0 Å². The third-order valence-electron chi connectivity index (χ3n) is 3.67. The number of ether oxygens (including phenoxy) is 2. The Morgan fingerprint density at radius 1 is 1.33 bits per heavy atom. The first-order chi connectivity index (χ1) is 10.1. The highest BCUT2D eigenvalue weighted by molar-refractivity contribution is 5.76. The highest BCUT2D eigenvalue weighted by atomic mass is 16.5. The largest absolute Gasteiger partial charge is 0.490 e. The van der Waals surface area contributed by atoms with Crippen molar-refractivity contribution in [1.29, 1.82) is 0 Å². The average molecular weight is 293 g/mol. The van der Waals surface area contributed by atoms with Gasteiger partial charge in [0.2, 0.25) is 0 Å². The van der Waals surface area contributed by atoms with Gasteiger partial charge in [0.15, 0.2) is 6.10 Å². The summed E-state index contributed by atoms with van der Waals surface area (Å²) in [5, 5.41) is 9.84. The van der Waals surface area contributed by atoms with Gasteiger partial charge in [0.05, 0.1) is 6.61 Å². The number of piperidine rings is 1. The molecule has 1 aromatic rings.